The van der Waals surface area contributed by atoms with E-state index in [9.17, 15) is 23.1 Å². The molecule has 0 aromatic heterocycles. The van der Waals surface area contributed by atoms with Gasteiger partial charge in [-0.1, -0.05) is 0 Å². The Morgan fingerprint density at radius 1 is 1.38 bits per heavy atom. The van der Waals surface area contributed by atoms with Crippen molar-refractivity contribution in [2.75, 3.05) is 7.11 Å². The summed E-state index contributed by atoms with van der Waals surface area (Å²) < 4.78 is 41.8. The van der Waals surface area contributed by atoms with Crippen LogP contribution in [0.4, 0.5) is 13.2 Å². The molecule has 88 valence electrons. The monoisotopic (exact) mass is 236 g/mol. The lowest BCUT2D eigenvalue weighted by atomic mass is 10.1. The van der Waals surface area contributed by atoms with Gasteiger partial charge in [-0.2, -0.15) is 13.2 Å². The highest BCUT2D eigenvalue weighted by Gasteiger charge is 2.37. The zero-order valence-electron chi connectivity index (χ0n) is 8.00. The first-order valence-corrected chi connectivity index (χ1v) is 3.99. The molecule has 0 unspecified atom stereocenters. The lowest BCUT2D eigenvalue weighted by Crippen LogP contribution is -2.13. The number of hydrogen-bond acceptors (Lipinski definition) is 3. The molecule has 16 heavy (non-hydrogen) atoms. The number of methoxy groups -OCH3 is 1. The molecule has 4 nitrogen and oxygen atoms in total. The van der Waals surface area contributed by atoms with Crippen LogP contribution in [0.5, 0.6) is 11.5 Å². The maximum Gasteiger partial charge on any atom is 0.417 e. The van der Waals surface area contributed by atoms with Crippen molar-refractivity contribution >= 4 is 5.97 Å². The number of phenols is 1. The second-order valence-corrected chi connectivity index (χ2v) is 2.84. The Bertz CT molecular complexity index is 425. The van der Waals surface area contributed by atoms with E-state index in [0.29, 0.717) is 6.07 Å². The summed E-state index contributed by atoms with van der Waals surface area (Å²) in [5, 5.41) is 17.9. The van der Waals surface area contributed by atoms with Gasteiger partial charge in [0.25, 0.3) is 0 Å². The summed E-state index contributed by atoms with van der Waals surface area (Å²) in [5.74, 6) is -3.24. The van der Waals surface area contributed by atoms with Crippen molar-refractivity contribution in [3.05, 3.63) is 23.3 Å². The van der Waals surface area contributed by atoms with Gasteiger partial charge in [0, 0.05) is 0 Å². The van der Waals surface area contributed by atoms with E-state index < -0.39 is 29.0 Å². The lowest BCUT2D eigenvalue weighted by molar-refractivity contribution is -0.138. The van der Waals surface area contributed by atoms with Gasteiger partial charge in [-0.3, -0.25) is 0 Å². The summed E-state index contributed by atoms with van der Waals surface area (Å²) in [6, 6.07) is 1.40. The van der Waals surface area contributed by atoms with Gasteiger partial charge in [-0.25, -0.2) is 4.79 Å². The van der Waals surface area contributed by atoms with Crippen molar-refractivity contribution < 1.29 is 32.9 Å². The molecule has 0 heterocycles. The minimum atomic E-state index is -4.85. The number of rotatable bonds is 2. The Morgan fingerprint density at radius 3 is 2.31 bits per heavy atom. The van der Waals surface area contributed by atoms with Crippen LogP contribution in [-0.4, -0.2) is 23.3 Å². The molecule has 0 saturated heterocycles. The Kier molecular flexibility index (Phi) is 2.97. The van der Waals surface area contributed by atoms with Crippen molar-refractivity contribution in [2.24, 2.45) is 0 Å². The highest BCUT2D eigenvalue weighted by molar-refractivity contribution is 5.93. The molecule has 1 aromatic carbocycles. The van der Waals surface area contributed by atoms with Crippen molar-refractivity contribution in [1.29, 1.82) is 0 Å². The normalized spacial score (nSPS) is 11.2. The number of halogens is 3. The zero-order chi connectivity index (χ0) is 12.5. The van der Waals surface area contributed by atoms with Gasteiger partial charge in [0.05, 0.1) is 12.7 Å². The number of ether oxygens (including phenoxy) is 1. The standard InChI is InChI=1S/C9H7F3O4/c1-16-5-3-2-4(9(10,11)12)6(7(5)13)8(14)15/h2-3,13H,1H3,(H,14,15). The second-order valence-electron chi connectivity index (χ2n) is 2.84. The molecular formula is C9H7F3O4. The van der Waals surface area contributed by atoms with Gasteiger partial charge in [-0.15, -0.1) is 0 Å². The average Bonchev–Trinajstić information content (AvgIpc) is 2.15. The van der Waals surface area contributed by atoms with Gasteiger partial charge in [0.15, 0.2) is 11.5 Å². The maximum absolute atomic E-state index is 12.4. The van der Waals surface area contributed by atoms with E-state index >= 15 is 0 Å². The first kappa shape index (κ1) is 12.2. The van der Waals surface area contributed by atoms with Gasteiger partial charge in [-0.05, 0) is 12.1 Å². The quantitative estimate of drug-likeness (QED) is 0.825. The predicted molar refractivity (Wildman–Crippen MR) is 46.6 cm³/mol. The van der Waals surface area contributed by atoms with Crippen molar-refractivity contribution in [3.8, 4) is 11.5 Å². The van der Waals surface area contributed by atoms with E-state index in [1.165, 1.54) is 0 Å². The number of alkyl halides is 3. The van der Waals surface area contributed by atoms with E-state index in [4.69, 9.17) is 5.11 Å². The number of hydrogen-bond donors (Lipinski definition) is 2. The molecular weight excluding hydrogens is 229 g/mol. The number of aromatic hydroxyl groups is 1. The van der Waals surface area contributed by atoms with Gasteiger partial charge >= 0.3 is 12.1 Å². The van der Waals surface area contributed by atoms with Crippen LogP contribution in [0.25, 0.3) is 0 Å². The SMILES string of the molecule is COc1ccc(C(F)(F)F)c(C(=O)O)c1O. The fourth-order valence-corrected chi connectivity index (χ4v) is 1.19. The minimum absolute atomic E-state index is 0.328. The van der Waals surface area contributed by atoms with Gasteiger partial charge < -0.3 is 14.9 Å². The number of carboxylic acid groups (broad SMARTS) is 1. The molecule has 1 rings (SSSR count). The number of carboxylic acids is 1. The molecule has 0 radical (unpaired) electrons. The van der Waals surface area contributed by atoms with Crippen LogP contribution in [-0.2, 0) is 6.18 Å². The van der Waals surface area contributed by atoms with Crippen molar-refractivity contribution in [1.82, 2.24) is 0 Å². The molecule has 0 bridgehead atoms. The molecule has 0 amide bonds. The van der Waals surface area contributed by atoms with Crippen LogP contribution >= 0.6 is 0 Å². The van der Waals surface area contributed by atoms with Crippen LogP contribution in [0.2, 0.25) is 0 Å². The third-order valence-corrected chi connectivity index (χ3v) is 1.88. The summed E-state index contributed by atoms with van der Waals surface area (Å²) in [6.45, 7) is 0. The fourth-order valence-electron chi connectivity index (χ4n) is 1.19. The summed E-state index contributed by atoms with van der Waals surface area (Å²) in [5.41, 5.74) is -2.63. The van der Waals surface area contributed by atoms with Crippen molar-refractivity contribution in [2.45, 2.75) is 6.18 Å². The smallest absolute Gasteiger partial charge is 0.417 e. The van der Waals surface area contributed by atoms with Crippen LogP contribution < -0.4 is 4.74 Å². The molecule has 0 atom stereocenters. The van der Waals surface area contributed by atoms with Crippen LogP contribution in [0.3, 0.4) is 0 Å². The second kappa shape index (κ2) is 3.92. The Labute approximate surface area is 87.9 Å². The van der Waals surface area contributed by atoms with E-state index in [0.717, 1.165) is 13.2 Å². The molecule has 1 aromatic rings. The molecule has 2 N–H and O–H groups in total. The topological polar surface area (TPSA) is 66.8 Å². The fraction of sp³-hybridized carbons (Fsp3) is 0.222. The molecule has 0 aliphatic carbocycles. The molecule has 7 heteroatoms. The Balaban J connectivity index is 3.53. The molecule has 0 aliphatic heterocycles. The number of carbonyl (C=O) groups is 1. The summed E-state index contributed by atoms with van der Waals surface area (Å²) in [6.07, 6.45) is -4.85. The third-order valence-electron chi connectivity index (χ3n) is 1.88. The highest BCUT2D eigenvalue weighted by Crippen LogP contribution is 2.40. The first-order valence-electron chi connectivity index (χ1n) is 3.99. The van der Waals surface area contributed by atoms with E-state index in [1.807, 2.05) is 0 Å². The average molecular weight is 236 g/mol. The van der Waals surface area contributed by atoms with Crippen molar-refractivity contribution in [3.63, 3.8) is 0 Å². The zero-order valence-corrected chi connectivity index (χ0v) is 8.00. The minimum Gasteiger partial charge on any atom is -0.504 e. The van der Waals surface area contributed by atoms with Crippen LogP contribution in [0, 0.1) is 0 Å². The lowest BCUT2D eigenvalue weighted by Gasteiger charge is -2.13. The first-order chi connectivity index (χ1) is 7.29. The Hall–Kier alpha value is -1.92. The van der Waals surface area contributed by atoms with E-state index in [-0.39, 0.29) is 5.75 Å². The van der Waals surface area contributed by atoms with E-state index in [2.05, 4.69) is 4.74 Å². The largest absolute Gasteiger partial charge is 0.504 e. The van der Waals surface area contributed by atoms with Crippen LogP contribution in [0.1, 0.15) is 15.9 Å². The maximum atomic E-state index is 12.4. The van der Waals surface area contributed by atoms with E-state index in [1.54, 1.807) is 0 Å². The molecule has 0 fully saturated rings. The van der Waals surface area contributed by atoms with Gasteiger partial charge in [0.1, 0.15) is 5.56 Å². The third kappa shape index (κ3) is 2.02. The summed E-state index contributed by atoms with van der Waals surface area (Å²) >= 11 is 0. The summed E-state index contributed by atoms with van der Waals surface area (Å²) in [4.78, 5) is 10.6. The predicted octanol–water partition coefficient (Wildman–Crippen LogP) is 2.12. The Morgan fingerprint density at radius 2 is 1.94 bits per heavy atom. The number of benzene rings is 1. The highest BCUT2D eigenvalue weighted by atomic mass is 19.4. The molecule has 0 spiro atoms. The van der Waals surface area contributed by atoms with Gasteiger partial charge in [0.2, 0.25) is 0 Å². The number of aromatic carboxylic acids is 1. The molecule has 0 aliphatic rings. The van der Waals surface area contributed by atoms with Crippen LogP contribution in [0.15, 0.2) is 12.1 Å². The summed E-state index contributed by atoms with van der Waals surface area (Å²) in [7, 11) is 1.11. The molecule has 0 saturated carbocycles.